The fraction of sp³-hybridized carbons (Fsp3) is 0.683. The number of ketones is 2. The molecular formula is C63H86O8. The van der Waals surface area contributed by atoms with Crippen LogP contribution in [0, 0.1) is 66.0 Å². The van der Waals surface area contributed by atoms with E-state index in [1.165, 1.54) is 11.1 Å². The fourth-order valence-electron chi connectivity index (χ4n) is 17.9. The Bertz CT molecular complexity index is 2660. The molecule has 10 rings (SSSR count). The lowest BCUT2D eigenvalue weighted by molar-refractivity contribution is -0.185. The van der Waals surface area contributed by atoms with E-state index in [1.54, 1.807) is 12.2 Å². The molecule has 0 aliphatic heterocycles. The van der Waals surface area contributed by atoms with E-state index in [-0.39, 0.29) is 84.4 Å². The summed E-state index contributed by atoms with van der Waals surface area (Å²) in [5.41, 5.74) is 7.59. The monoisotopic (exact) mass is 971 g/mol. The lowest BCUT2D eigenvalue weighted by atomic mass is 9.34. The van der Waals surface area contributed by atoms with Gasteiger partial charge in [0.1, 0.15) is 0 Å². The van der Waals surface area contributed by atoms with E-state index in [0.717, 1.165) is 112 Å². The zero-order valence-corrected chi connectivity index (χ0v) is 46.1. The van der Waals surface area contributed by atoms with Crippen molar-refractivity contribution in [3.63, 3.8) is 0 Å². The highest BCUT2D eigenvalue weighted by atomic mass is 16.5. The highest BCUT2D eigenvalue weighted by molar-refractivity contribution is 6.07. The standard InChI is InChI=1S/C32H44O4.C31H42O4/c1-19(2)36-27(35)29(5)12-11-28(4)13-15-31(7)24-10-9-21-20(3)26(34)23(33)17-22(21)30(24,6)14-16-32(31,8)25(28)18-29;1-8-35-26(34)28(4)12-11-27(3)13-15-30(6)23-10-9-20-19(2)25(33)22(32)17-21(20)29(23,5)14-16-31(30,7)24(27)18-28/h9-10,17,19,25,34H,11-16,18H2,1-8H3;9-10,17,24,33H,8,11-16,18H2,1-7H3/t25-,28-,29-,30+,31-,32+;24-,27-,28-,29+,30-,31+/m11/s1. The number of rotatable bonds is 4. The van der Waals surface area contributed by atoms with Crippen LogP contribution < -0.4 is 0 Å². The molecule has 0 bridgehead atoms. The number of carbonyl (C=O) groups excluding carboxylic acids is 4. The predicted molar refractivity (Wildman–Crippen MR) is 280 cm³/mol. The smallest absolute Gasteiger partial charge is 0.312 e. The Morgan fingerprint density at radius 3 is 1.32 bits per heavy atom. The summed E-state index contributed by atoms with van der Waals surface area (Å²) >= 11 is 0. The molecule has 0 spiro atoms. The zero-order valence-electron chi connectivity index (χ0n) is 46.1. The first kappa shape index (κ1) is 51.7. The maximum absolute atomic E-state index is 13.3. The van der Waals surface area contributed by atoms with Crippen LogP contribution in [0.3, 0.4) is 0 Å². The van der Waals surface area contributed by atoms with Crippen LogP contribution in [0.4, 0.5) is 0 Å². The first-order chi connectivity index (χ1) is 32.9. The van der Waals surface area contributed by atoms with Crippen LogP contribution in [0.5, 0.6) is 0 Å². The van der Waals surface area contributed by atoms with Gasteiger partial charge in [0.25, 0.3) is 0 Å². The molecule has 0 unspecified atom stereocenters. The number of aliphatic hydroxyl groups excluding tert-OH is 2. The maximum Gasteiger partial charge on any atom is 0.312 e. The first-order valence-corrected chi connectivity index (χ1v) is 27.5. The molecule has 6 saturated carbocycles. The molecule has 10 aliphatic carbocycles. The second-order valence-electron chi connectivity index (χ2n) is 27.4. The van der Waals surface area contributed by atoms with Gasteiger partial charge in [-0.3, -0.25) is 19.2 Å². The van der Waals surface area contributed by atoms with Gasteiger partial charge in [0.15, 0.2) is 11.5 Å². The predicted octanol–water partition coefficient (Wildman–Crippen LogP) is 14.7. The third-order valence-electron chi connectivity index (χ3n) is 23.3. The van der Waals surface area contributed by atoms with Crippen LogP contribution in [-0.2, 0) is 28.7 Å². The van der Waals surface area contributed by atoms with E-state index in [1.807, 2.05) is 34.6 Å². The molecular weight excluding hydrogens is 885 g/mol. The minimum Gasteiger partial charge on any atom is -0.504 e. The van der Waals surface area contributed by atoms with Crippen molar-refractivity contribution in [3.05, 3.63) is 92.6 Å². The van der Waals surface area contributed by atoms with Gasteiger partial charge >= 0.3 is 11.9 Å². The van der Waals surface area contributed by atoms with E-state index in [4.69, 9.17) is 9.47 Å². The minimum atomic E-state index is -0.442. The third-order valence-corrected chi connectivity index (χ3v) is 23.3. The molecule has 71 heavy (non-hydrogen) atoms. The highest BCUT2D eigenvalue weighted by Gasteiger charge is 2.69. The van der Waals surface area contributed by atoms with Crippen LogP contribution in [-0.4, -0.2) is 46.4 Å². The van der Waals surface area contributed by atoms with Gasteiger partial charge in [0.2, 0.25) is 11.6 Å². The van der Waals surface area contributed by atoms with E-state index < -0.39 is 10.8 Å². The van der Waals surface area contributed by atoms with E-state index in [9.17, 15) is 29.4 Å². The molecule has 0 aromatic heterocycles. The molecule has 0 saturated heterocycles. The Hall–Kier alpha value is -4.20. The molecule has 6 fully saturated rings. The average molecular weight is 971 g/mol. The molecule has 0 radical (unpaired) electrons. The van der Waals surface area contributed by atoms with Crippen LogP contribution in [0.15, 0.2) is 92.6 Å². The van der Waals surface area contributed by atoms with Gasteiger partial charge in [-0.05, 0) is 217 Å². The zero-order chi connectivity index (χ0) is 52.1. The Labute approximate surface area is 425 Å². The number of esters is 2. The van der Waals surface area contributed by atoms with Gasteiger partial charge in [-0.1, -0.05) is 90.8 Å². The summed E-state index contributed by atoms with van der Waals surface area (Å²) in [5.74, 6) is -0.00918. The van der Waals surface area contributed by atoms with Crippen molar-refractivity contribution in [1.29, 1.82) is 0 Å². The van der Waals surface area contributed by atoms with Gasteiger partial charge in [0, 0.05) is 22.0 Å². The highest BCUT2D eigenvalue weighted by Crippen LogP contribution is 2.77. The van der Waals surface area contributed by atoms with Crippen LogP contribution in [0.25, 0.3) is 0 Å². The molecule has 0 amide bonds. The summed E-state index contributed by atoms with van der Waals surface area (Å²) in [5, 5.41) is 20.7. The minimum absolute atomic E-state index is 0.0277. The van der Waals surface area contributed by atoms with E-state index in [2.05, 4.69) is 93.5 Å². The van der Waals surface area contributed by atoms with Gasteiger partial charge in [-0.15, -0.1) is 0 Å². The first-order valence-electron chi connectivity index (χ1n) is 27.5. The van der Waals surface area contributed by atoms with E-state index >= 15 is 0 Å². The van der Waals surface area contributed by atoms with Crippen molar-refractivity contribution in [2.45, 2.75) is 200 Å². The number of fused-ring (bicyclic) bond motifs is 14. The van der Waals surface area contributed by atoms with Crippen molar-refractivity contribution in [3.8, 4) is 0 Å². The Kier molecular flexibility index (Phi) is 11.9. The van der Waals surface area contributed by atoms with Crippen molar-refractivity contribution >= 4 is 23.5 Å². The molecule has 8 nitrogen and oxygen atoms in total. The third kappa shape index (κ3) is 7.06. The molecule has 2 N–H and O–H groups in total. The van der Waals surface area contributed by atoms with E-state index in [0.29, 0.717) is 29.6 Å². The molecule has 0 heterocycles. The Balaban J connectivity index is 0.000000176. The number of carbonyl (C=O) groups is 4. The molecule has 0 aromatic rings. The van der Waals surface area contributed by atoms with Crippen molar-refractivity contribution in [1.82, 2.24) is 0 Å². The van der Waals surface area contributed by atoms with Crippen LogP contribution in [0.2, 0.25) is 0 Å². The van der Waals surface area contributed by atoms with Gasteiger partial charge in [0.05, 0.1) is 23.5 Å². The van der Waals surface area contributed by atoms with Crippen LogP contribution >= 0.6 is 0 Å². The second-order valence-corrected chi connectivity index (χ2v) is 27.4. The average Bonchev–Trinajstić information content (AvgIpc) is 3.31. The van der Waals surface area contributed by atoms with Crippen molar-refractivity contribution in [2.75, 3.05) is 6.61 Å². The fourth-order valence-corrected chi connectivity index (χ4v) is 17.9. The maximum atomic E-state index is 13.3. The molecule has 0 aromatic carbocycles. The quantitative estimate of drug-likeness (QED) is 0.267. The topological polar surface area (TPSA) is 127 Å². The molecule has 10 aliphatic rings. The number of aliphatic hydroxyl groups is 2. The van der Waals surface area contributed by atoms with Crippen molar-refractivity contribution < 1.29 is 38.9 Å². The Morgan fingerprint density at radius 2 is 0.944 bits per heavy atom. The molecule has 386 valence electrons. The summed E-state index contributed by atoms with van der Waals surface area (Å²) in [7, 11) is 0. The number of ether oxygens (including phenoxy) is 2. The SMILES string of the molecule is CC1=C(O)C(=O)C=C2C1=CC=C1[C@@]2(C)CC[C@@]2(C)[C@@H]3C[C@](C)(C(=O)OC(C)C)CC[C@]3(C)CC[C@]12C.CCOC(=O)[C@]1(C)CC[C@]2(C)CC[C@]3(C)C4=CC=C5C(=CC(=O)C(O)=C5C)[C@]4(C)CC[C@@]3(C)[C@@H]2C1. The van der Waals surface area contributed by atoms with Crippen molar-refractivity contribution in [2.24, 2.45) is 66.0 Å². The van der Waals surface area contributed by atoms with Gasteiger partial charge in [-0.2, -0.15) is 0 Å². The second kappa shape index (κ2) is 16.4. The van der Waals surface area contributed by atoms with Crippen LogP contribution in [0.1, 0.15) is 194 Å². The van der Waals surface area contributed by atoms with Gasteiger partial charge in [-0.25, -0.2) is 0 Å². The molecule has 12 atom stereocenters. The lowest BCUT2D eigenvalue weighted by Crippen LogP contribution is -2.62. The summed E-state index contributed by atoms with van der Waals surface area (Å²) in [6.45, 7) is 33.6. The molecule has 8 heteroatoms. The van der Waals surface area contributed by atoms with Gasteiger partial charge < -0.3 is 19.7 Å². The number of allylic oxidation sites excluding steroid dienone is 14. The largest absolute Gasteiger partial charge is 0.504 e. The number of hydrogen-bond donors (Lipinski definition) is 2. The lowest BCUT2D eigenvalue weighted by Gasteiger charge is -2.70. The summed E-state index contributed by atoms with van der Waals surface area (Å²) in [6, 6.07) is 0. The number of hydrogen-bond acceptors (Lipinski definition) is 8. The summed E-state index contributed by atoms with van der Waals surface area (Å²) in [4.78, 5) is 51.6. The Morgan fingerprint density at radius 1 is 0.563 bits per heavy atom. The normalized spacial score (nSPS) is 44.3. The summed E-state index contributed by atoms with van der Waals surface area (Å²) < 4.78 is 11.3. The summed E-state index contributed by atoms with van der Waals surface area (Å²) in [6.07, 6.45) is 26.5.